The Morgan fingerprint density at radius 3 is 2.46 bits per heavy atom. The number of ether oxygens (including phenoxy) is 2. The third kappa shape index (κ3) is 3.01. The monoisotopic (exact) mass is 328 g/mol. The Morgan fingerprint density at radius 1 is 1.12 bits per heavy atom. The molecule has 0 bridgehead atoms. The van der Waals surface area contributed by atoms with Crippen LogP contribution >= 0.6 is 0 Å². The van der Waals surface area contributed by atoms with Crippen LogP contribution in [0.25, 0.3) is 0 Å². The lowest BCUT2D eigenvalue weighted by atomic mass is 10.00. The fraction of sp³-hybridized carbons (Fsp3) is 0.235. The summed E-state index contributed by atoms with van der Waals surface area (Å²) >= 11 is 0. The van der Waals surface area contributed by atoms with Crippen LogP contribution in [0, 0.1) is 10.1 Å². The van der Waals surface area contributed by atoms with Crippen LogP contribution in [-0.2, 0) is 4.84 Å². The maximum Gasteiger partial charge on any atom is 0.269 e. The first-order valence-electron chi connectivity index (χ1n) is 7.32. The van der Waals surface area contributed by atoms with E-state index < -0.39 is 4.92 Å². The second-order valence-electron chi connectivity index (χ2n) is 5.25. The topological polar surface area (TPSA) is 83.2 Å². The Labute approximate surface area is 138 Å². The quantitative estimate of drug-likeness (QED) is 0.620. The number of nitro groups is 1. The van der Waals surface area contributed by atoms with Crippen LogP contribution in [-0.4, -0.2) is 24.9 Å². The van der Waals surface area contributed by atoms with Gasteiger partial charge in [0.05, 0.1) is 24.9 Å². The minimum absolute atomic E-state index is 0.0507. The number of methoxy groups -OCH3 is 2. The van der Waals surface area contributed by atoms with Gasteiger partial charge in [0.25, 0.3) is 5.69 Å². The molecule has 1 unspecified atom stereocenters. The molecule has 0 aliphatic carbocycles. The number of oxime groups is 1. The van der Waals surface area contributed by atoms with Gasteiger partial charge in [-0.15, -0.1) is 0 Å². The van der Waals surface area contributed by atoms with E-state index in [2.05, 4.69) is 5.16 Å². The Morgan fingerprint density at radius 2 is 1.83 bits per heavy atom. The van der Waals surface area contributed by atoms with E-state index in [-0.39, 0.29) is 11.8 Å². The zero-order chi connectivity index (χ0) is 17.1. The molecule has 1 atom stereocenters. The van der Waals surface area contributed by atoms with E-state index in [4.69, 9.17) is 14.3 Å². The zero-order valence-corrected chi connectivity index (χ0v) is 13.3. The average molecular weight is 328 g/mol. The maximum atomic E-state index is 10.7. The van der Waals surface area contributed by atoms with Gasteiger partial charge < -0.3 is 14.3 Å². The summed E-state index contributed by atoms with van der Waals surface area (Å²) in [6.07, 6.45) is 0.350. The van der Waals surface area contributed by atoms with Crippen molar-refractivity contribution in [3.8, 4) is 11.5 Å². The maximum absolute atomic E-state index is 10.7. The van der Waals surface area contributed by atoms with Crippen molar-refractivity contribution in [2.24, 2.45) is 5.16 Å². The third-order valence-corrected chi connectivity index (χ3v) is 3.86. The van der Waals surface area contributed by atoms with Crippen LogP contribution in [0.5, 0.6) is 11.5 Å². The molecule has 2 aromatic carbocycles. The summed E-state index contributed by atoms with van der Waals surface area (Å²) in [6.45, 7) is 0. The second-order valence-corrected chi connectivity index (χ2v) is 5.25. The molecular formula is C17H16N2O5. The van der Waals surface area contributed by atoms with Gasteiger partial charge in [-0.2, -0.15) is 0 Å². The Bertz CT molecular complexity index is 786. The highest BCUT2D eigenvalue weighted by atomic mass is 16.6. The van der Waals surface area contributed by atoms with E-state index in [1.165, 1.54) is 12.1 Å². The van der Waals surface area contributed by atoms with Crippen LogP contribution in [0.4, 0.5) is 5.69 Å². The standard InChI is InChI=1S/C17H16N2O5/c1-22-15-8-5-12(9-17(15)23-2)16-10-14(18-24-16)11-3-6-13(7-4-11)19(20)21/h3-9,16H,10H2,1-2H3. The molecule has 0 saturated heterocycles. The zero-order valence-electron chi connectivity index (χ0n) is 13.3. The SMILES string of the molecule is COc1ccc(C2CC(c3ccc([N+](=O)[O-])cc3)=NO2)cc1OC. The minimum atomic E-state index is -0.427. The molecule has 1 aliphatic heterocycles. The van der Waals surface area contributed by atoms with Crippen molar-refractivity contribution in [1.82, 2.24) is 0 Å². The molecule has 0 N–H and O–H groups in total. The minimum Gasteiger partial charge on any atom is -0.493 e. The molecule has 24 heavy (non-hydrogen) atoms. The molecule has 0 saturated carbocycles. The summed E-state index contributed by atoms with van der Waals surface area (Å²) in [4.78, 5) is 15.8. The number of nitrogens with zero attached hydrogens (tertiary/aromatic N) is 2. The first-order valence-corrected chi connectivity index (χ1v) is 7.32. The van der Waals surface area contributed by atoms with Crippen molar-refractivity contribution < 1.29 is 19.2 Å². The van der Waals surface area contributed by atoms with Gasteiger partial charge in [0.15, 0.2) is 17.6 Å². The highest BCUT2D eigenvalue weighted by molar-refractivity contribution is 6.01. The van der Waals surface area contributed by atoms with Crippen LogP contribution in [0.2, 0.25) is 0 Å². The second kappa shape index (κ2) is 6.57. The summed E-state index contributed by atoms with van der Waals surface area (Å²) in [7, 11) is 3.16. The van der Waals surface area contributed by atoms with E-state index in [1.54, 1.807) is 26.4 Å². The Hall–Kier alpha value is -3.09. The first kappa shape index (κ1) is 15.8. The predicted molar refractivity (Wildman–Crippen MR) is 87.6 cm³/mol. The number of benzene rings is 2. The Balaban J connectivity index is 1.76. The lowest BCUT2D eigenvalue weighted by Gasteiger charge is -2.12. The van der Waals surface area contributed by atoms with Crippen LogP contribution < -0.4 is 9.47 Å². The van der Waals surface area contributed by atoms with E-state index in [9.17, 15) is 10.1 Å². The number of hydrogen-bond acceptors (Lipinski definition) is 6. The van der Waals surface area contributed by atoms with Crippen molar-refractivity contribution in [2.75, 3.05) is 14.2 Å². The van der Waals surface area contributed by atoms with Gasteiger partial charge >= 0.3 is 0 Å². The highest BCUT2D eigenvalue weighted by Crippen LogP contribution is 2.35. The summed E-state index contributed by atoms with van der Waals surface area (Å²) < 4.78 is 10.5. The summed E-state index contributed by atoms with van der Waals surface area (Å²) in [5.74, 6) is 1.28. The van der Waals surface area contributed by atoms with E-state index in [0.29, 0.717) is 17.9 Å². The molecule has 0 spiro atoms. The molecule has 3 rings (SSSR count). The van der Waals surface area contributed by atoms with Crippen LogP contribution in [0.3, 0.4) is 0 Å². The molecule has 0 fully saturated rings. The average Bonchev–Trinajstić information content (AvgIpc) is 3.11. The van der Waals surface area contributed by atoms with Gasteiger partial charge in [-0.1, -0.05) is 11.2 Å². The van der Waals surface area contributed by atoms with Gasteiger partial charge in [-0.25, -0.2) is 0 Å². The molecule has 0 aromatic heterocycles. The molecule has 0 amide bonds. The van der Waals surface area contributed by atoms with Crippen LogP contribution in [0.1, 0.15) is 23.7 Å². The molecule has 1 aliphatic rings. The lowest BCUT2D eigenvalue weighted by molar-refractivity contribution is -0.384. The number of hydrogen-bond donors (Lipinski definition) is 0. The van der Waals surface area contributed by atoms with Gasteiger partial charge in [-0.3, -0.25) is 10.1 Å². The normalized spacial score (nSPS) is 16.2. The lowest BCUT2D eigenvalue weighted by Crippen LogP contribution is -2.02. The van der Waals surface area contributed by atoms with Crippen molar-refractivity contribution in [2.45, 2.75) is 12.5 Å². The third-order valence-electron chi connectivity index (χ3n) is 3.86. The summed E-state index contributed by atoms with van der Waals surface area (Å²) in [5.41, 5.74) is 2.54. The van der Waals surface area contributed by atoms with Crippen molar-refractivity contribution in [1.29, 1.82) is 0 Å². The fourth-order valence-electron chi connectivity index (χ4n) is 2.56. The van der Waals surface area contributed by atoms with Gasteiger partial charge in [-0.05, 0) is 35.4 Å². The van der Waals surface area contributed by atoms with Gasteiger partial charge in [0.2, 0.25) is 0 Å². The largest absolute Gasteiger partial charge is 0.493 e. The summed E-state index contributed by atoms with van der Waals surface area (Å²) in [5, 5.41) is 14.8. The molecule has 124 valence electrons. The van der Waals surface area contributed by atoms with Crippen molar-refractivity contribution in [3.05, 3.63) is 63.7 Å². The molecule has 2 aromatic rings. The van der Waals surface area contributed by atoms with E-state index in [1.807, 2.05) is 18.2 Å². The Kier molecular flexibility index (Phi) is 4.33. The van der Waals surface area contributed by atoms with Crippen LogP contribution in [0.15, 0.2) is 47.6 Å². The first-order chi connectivity index (χ1) is 11.6. The van der Waals surface area contributed by atoms with E-state index in [0.717, 1.165) is 16.8 Å². The molecule has 7 nitrogen and oxygen atoms in total. The molecule has 7 heteroatoms. The van der Waals surface area contributed by atoms with Gasteiger partial charge in [0.1, 0.15) is 0 Å². The predicted octanol–water partition coefficient (Wildman–Crippen LogP) is 3.48. The van der Waals surface area contributed by atoms with Gasteiger partial charge in [0, 0.05) is 18.6 Å². The van der Waals surface area contributed by atoms with Crippen molar-refractivity contribution in [3.63, 3.8) is 0 Å². The van der Waals surface area contributed by atoms with Crippen molar-refractivity contribution >= 4 is 11.4 Å². The number of non-ortho nitro benzene ring substituents is 1. The summed E-state index contributed by atoms with van der Waals surface area (Å²) in [6, 6.07) is 11.9. The smallest absolute Gasteiger partial charge is 0.269 e. The van der Waals surface area contributed by atoms with E-state index >= 15 is 0 Å². The number of nitro benzene ring substituents is 1. The highest BCUT2D eigenvalue weighted by Gasteiger charge is 2.25. The molecular weight excluding hydrogens is 312 g/mol. The number of rotatable bonds is 5. The molecule has 1 heterocycles. The molecule has 0 radical (unpaired) electrons. The fourth-order valence-corrected chi connectivity index (χ4v) is 2.56.